The van der Waals surface area contributed by atoms with Crippen LogP contribution in [-0.4, -0.2) is 18.1 Å². The minimum Gasteiger partial charge on any atom is -0.381 e. The Bertz CT molecular complexity index is 374. The zero-order chi connectivity index (χ0) is 11.5. The van der Waals surface area contributed by atoms with Gasteiger partial charge in [0.05, 0.1) is 4.92 Å². The molecule has 1 atom stereocenters. The summed E-state index contributed by atoms with van der Waals surface area (Å²) in [7, 11) is 0. The lowest BCUT2D eigenvalue weighted by Crippen LogP contribution is -2.26. The first-order valence-electron chi connectivity index (χ1n) is 5.26. The van der Waals surface area contributed by atoms with E-state index in [1.807, 2.05) is 0 Å². The molecule has 1 saturated heterocycles. The monoisotopic (exact) mass is 242 g/mol. The summed E-state index contributed by atoms with van der Waals surface area (Å²) in [6.07, 6.45) is 1.87. The van der Waals surface area contributed by atoms with Crippen LogP contribution >= 0.6 is 11.3 Å². The van der Waals surface area contributed by atoms with Crippen LogP contribution in [0, 0.1) is 16.0 Å². The molecule has 0 amide bonds. The van der Waals surface area contributed by atoms with Crippen LogP contribution < -0.4 is 5.73 Å². The van der Waals surface area contributed by atoms with Gasteiger partial charge in [-0.3, -0.25) is 10.1 Å². The molecule has 1 aliphatic rings. The van der Waals surface area contributed by atoms with Crippen LogP contribution in [0.15, 0.2) is 12.1 Å². The van der Waals surface area contributed by atoms with Crippen LogP contribution in [0.3, 0.4) is 0 Å². The summed E-state index contributed by atoms with van der Waals surface area (Å²) in [5.41, 5.74) is 6.12. The Hall–Kier alpha value is -0.980. The third-order valence-electron chi connectivity index (χ3n) is 2.89. The molecule has 1 aromatic rings. The molecule has 2 rings (SSSR count). The number of hydrogen-bond donors (Lipinski definition) is 1. The van der Waals surface area contributed by atoms with E-state index in [4.69, 9.17) is 10.5 Å². The van der Waals surface area contributed by atoms with Gasteiger partial charge in [-0.2, -0.15) is 0 Å². The molecule has 1 aromatic heterocycles. The second kappa shape index (κ2) is 4.90. The van der Waals surface area contributed by atoms with Crippen molar-refractivity contribution in [1.29, 1.82) is 0 Å². The summed E-state index contributed by atoms with van der Waals surface area (Å²) >= 11 is 1.18. The first kappa shape index (κ1) is 11.5. The van der Waals surface area contributed by atoms with Gasteiger partial charge in [-0.05, 0) is 24.8 Å². The number of nitrogens with two attached hydrogens (primary N) is 1. The zero-order valence-corrected chi connectivity index (χ0v) is 9.61. The SMILES string of the molecule is N[C@H](c1ccc([N+](=O)[O-])s1)C1CCOCC1. The van der Waals surface area contributed by atoms with E-state index in [0.29, 0.717) is 5.92 Å². The molecule has 0 saturated carbocycles. The Morgan fingerprint density at radius 3 is 2.75 bits per heavy atom. The van der Waals surface area contributed by atoms with E-state index in [0.717, 1.165) is 30.9 Å². The smallest absolute Gasteiger partial charge is 0.324 e. The lowest BCUT2D eigenvalue weighted by atomic mass is 9.91. The van der Waals surface area contributed by atoms with Gasteiger partial charge in [-0.1, -0.05) is 11.3 Å². The predicted octanol–water partition coefficient (Wildman–Crippen LogP) is 2.08. The maximum absolute atomic E-state index is 10.6. The van der Waals surface area contributed by atoms with Gasteiger partial charge in [-0.15, -0.1) is 0 Å². The minimum atomic E-state index is -0.370. The highest BCUT2D eigenvalue weighted by Gasteiger charge is 2.24. The number of rotatable bonds is 3. The van der Waals surface area contributed by atoms with Crippen molar-refractivity contribution >= 4 is 16.3 Å². The highest BCUT2D eigenvalue weighted by molar-refractivity contribution is 7.15. The molecule has 1 aliphatic heterocycles. The van der Waals surface area contributed by atoms with Crippen molar-refractivity contribution in [3.05, 3.63) is 27.1 Å². The summed E-state index contributed by atoms with van der Waals surface area (Å²) in [5.74, 6) is 0.381. The van der Waals surface area contributed by atoms with Gasteiger partial charge < -0.3 is 10.5 Å². The number of thiophene rings is 1. The van der Waals surface area contributed by atoms with Gasteiger partial charge in [0, 0.05) is 30.2 Å². The van der Waals surface area contributed by atoms with Crippen molar-refractivity contribution in [2.45, 2.75) is 18.9 Å². The van der Waals surface area contributed by atoms with Gasteiger partial charge >= 0.3 is 5.00 Å². The Kier molecular flexibility index (Phi) is 3.52. The first-order chi connectivity index (χ1) is 7.68. The standard InChI is InChI=1S/C10H14N2O3S/c11-10(7-3-5-15-6-4-7)8-1-2-9(16-8)12(13)14/h1-2,7,10H,3-6,11H2/t10-/m0/s1. The summed E-state index contributed by atoms with van der Waals surface area (Å²) in [5, 5.41) is 10.7. The second-order valence-electron chi connectivity index (χ2n) is 3.91. The number of ether oxygens (including phenoxy) is 1. The molecule has 16 heavy (non-hydrogen) atoms. The van der Waals surface area contributed by atoms with E-state index in [-0.39, 0.29) is 16.0 Å². The Morgan fingerprint density at radius 1 is 1.50 bits per heavy atom. The van der Waals surface area contributed by atoms with E-state index in [2.05, 4.69) is 0 Å². The molecule has 88 valence electrons. The third kappa shape index (κ3) is 2.40. The van der Waals surface area contributed by atoms with Crippen molar-refractivity contribution in [2.24, 2.45) is 11.7 Å². The topological polar surface area (TPSA) is 78.4 Å². The first-order valence-corrected chi connectivity index (χ1v) is 6.07. The highest BCUT2D eigenvalue weighted by Crippen LogP contribution is 2.34. The molecule has 0 bridgehead atoms. The summed E-state index contributed by atoms with van der Waals surface area (Å²) in [6, 6.07) is 3.20. The van der Waals surface area contributed by atoms with Crippen LogP contribution in [0.4, 0.5) is 5.00 Å². The molecule has 0 radical (unpaired) electrons. The second-order valence-corrected chi connectivity index (χ2v) is 5.00. The molecule has 2 N–H and O–H groups in total. The van der Waals surface area contributed by atoms with Gasteiger partial charge in [-0.25, -0.2) is 0 Å². The molecule has 0 aliphatic carbocycles. The van der Waals surface area contributed by atoms with Gasteiger partial charge in [0.15, 0.2) is 0 Å². The summed E-state index contributed by atoms with van der Waals surface area (Å²) in [4.78, 5) is 11.1. The minimum absolute atomic E-state index is 0.0948. The molecule has 2 heterocycles. The number of nitro groups is 1. The maximum atomic E-state index is 10.6. The van der Waals surface area contributed by atoms with Crippen molar-refractivity contribution in [2.75, 3.05) is 13.2 Å². The van der Waals surface area contributed by atoms with Gasteiger partial charge in [0.1, 0.15) is 0 Å². The fourth-order valence-corrected chi connectivity index (χ4v) is 2.84. The van der Waals surface area contributed by atoms with E-state index < -0.39 is 0 Å². The van der Waals surface area contributed by atoms with Crippen molar-refractivity contribution in [3.8, 4) is 0 Å². The predicted molar refractivity (Wildman–Crippen MR) is 61.4 cm³/mol. The van der Waals surface area contributed by atoms with Crippen LogP contribution in [0.2, 0.25) is 0 Å². The maximum Gasteiger partial charge on any atom is 0.324 e. The molecule has 0 aromatic carbocycles. The lowest BCUT2D eigenvalue weighted by Gasteiger charge is -2.26. The molecule has 6 heteroatoms. The fraction of sp³-hybridized carbons (Fsp3) is 0.600. The van der Waals surface area contributed by atoms with Crippen molar-refractivity contribution < 1.29 is 9.66 Å². The number of nitrogens with zero attached hydrogens (tertiary/aromatic N) is 1. The van der Waals surface area contributed by atoms with Gasteiger partial charge in [0.2, 0.25) is 0 Å². The Balaban J connectivity index is 2.07. The van der Waals surface area contributed by atoms with E-state index >= 15 is 0 Å². The van der Waals surface area contributed by atoms with Crippen LogP contribution in [0.5, 0.6) is 0 Å². The number of hydrogen-bond acceptors (Lipinski definition) is 5. The Morgan fingerprint density at radius 2 is 2.19 bits per heavy atom. The van der Waals surface area contributed by atoms with E-state index in [1.54, 1.807) is 6.07 Å². The fourth-order valence-electron chi connectivity index (χ4n) is 1.93. The molecular weight excluding hydrogens is 228 g/mol. The molecule has 1 fully saturated rings. The van der Waals surface area contributed by atoms with Gasteiger partial charge in [0.25, 0.3) is 0 Å². The molecule has 0 unspecified atom stereocenters. The Labute approximate surface area is 97.4 Å². The lowest BCUT2D eigenvalue weighted by molar-refractivity contribution is -0.380. The average molecular weight is 242 g/mol. The average Bonchev–Trinajstić information content (AvgIpc) is 2.78. The highest BCUT2D eigenvalue weighted by atomic mass is 32.1. The van der Waals surface area contributed by atoms with Crippen LogP contribution in [0.1, 0.15) is 23.8 Å². The van der Waals surface area contributed by atoms with E-state index in [1.165, 1.54) is 17.4 Å². The van der Waals surface area contributed by atoms with Crippen molar-refractivity contribution in [1.82, 2.24) is 0 Å². The van der Waals surface area contributed by atoms with Crippen molar-refractivity contribution in [3.63, 3.8) is 0 Å². The third-order valence-corrected chi connectivity index (χ3v) is 4.03. The molecule has 5 nitrogen and oxygen atoms in total. The zero-order valence-electron chi connectivity index (χ0n) is 8.80. The molecular formula is C10H14N2O3S. The largest absolute Gasteiger partial charge is 0.381 e. The molecule has 0 spiro atoms. The summed E-state index contributed by atoms with van der Waals surface area (Å²) in [6.45, 7) is 1.48. The van der Waals surface area contributed by atoms with Crippen LogP contribution in [-0.2, 0) is 4.74 Å². The quantitative estimate of drug-likeness (QED) is 0.650. The normalized spacial score (nSPS) is 19.6. The summed E-state index contributed by atoms with van der Waals surface area (Å²) < 4.78 is 5.27. The van der Waals surface area contributed by atoms with E-state index in [9.17, 15) is 10.1 Å². The van der Waals surface area contributed by atoms with Crippen LogP contribution in [0.25, 0.3) is 0 Å².